The van der Waals surface area contributed by atoms with Gasteiger partial charge in [-0.25, -0.2) is 19.9 Å². The average Bonchev–Trinajstić information content (AvgIpc) is 3.89. The number of nitrogens with zero attached hydrogens (tertiary/aromatic N) is 5. The van der Waals surface area contributed by atoms with Gasteiger partial charge in [0.1, 0.15) is 0 Å². The lowest BCUT2D eigenvalue weighted by atomic mass is 10.0. The van der Waals surface area contributed by atoms with Crippen molar-refractivity contribution in [2.24, 2.45) is 0 Å². The summed E-state index contributed by atoms with van der Waals surface area (Å²) in [4.78, 5) is 20.8. The molecule has 0 fully saturated rings. The molecule has 0 atom stereocenters. The van der Waals surface area contributed by atoms with Crippen LogP contribution in [0.25, 0.3) is 125 Å². The van der Waals surface area contributed by atoms with Crippen molar-refractivity contribution in [1.29, 1.82) is 0 Å². The molecule has 0 N–H and O–H groups in total. The highest BCUT2D eigenvalue weighted by molar-refractivity contribution is 7.26. The molecule has 4 aromatic heterocycles. The van der Waals surface area contributed by atoms with Gasteiger partial charge in [-0.3, -0.25) is 4.40 Å². The molecule has 0 aliphatic rings. The van der Waals surface area contributed by atoms with E-state index in [1.54, 1.807) is 0 Å². The molecule has 0 bridgehead atoms. The van der Waals surface area contributed by atoms with Crippen molar-refractivity contribution in [2.45, 2.75) is 0 Å². The van der Waals surface area contributed by atoms with Gasteiger partial charge in [0, 0.05) is 32.2 Å². The SMILES string of the molecule is c1ccc2cc(-c3nc(-c4ccc(-c5cc6c(sc7ccc8ccccc8c76)c6nc7cc8ccccc8cc7n56)cc4)nc(-c4ccc5ccccc5c4)n3)ccc2c1. The first kappa shape index (κ1) is 33.2. The van der Waals surface area contributed by atoms with Gasteiger partial charge in [-0.1, -0.05) is 152 Å². The summed E-state index contributed by atoms with van der Waals surface area (Å²) in [6.07, 6.45) is 0. The largest absolute Gasteiger partial charge is 0.291 e. The number of hydrogen-bond donors (Lipinski definition) is 0. The van der Waals surface area contributed by atoms with E-state index in [2.05, 4.69) is 192 Å². The molecular weight excluding hydrogens is 751 g/mol. The zero-order chi connectivity index (χ0) is 39.3. The number of rotatable bonds is 4. The van der Waals surface area contributed by atoms with Crippen LogP contribution in [0.15, 0.2) is 188 Å². The van der Waals surface area contributed by atoms with Crippen molar-refractivity contribution in [2.75, 3.05) is 0 Å². The molecule has 9 aromatic carbocycles. The van der Waals surface area contributed by atoms with Gasteiger partial charge in [-0.15, -0.1) is 11.3 Å². The van der Waals surface area contributed by atoms with Crippen LogP contribution in [-0.2, 0) is 0 Å². The van der Waals surface area contributed by atoms with E-state index in [0.29, 0.717) is 17.5 Å². The van der Waals surface area contributed by atoms with Crippen LogP contribution in [0.3, 0.4) is 0 Å². The second-order valence-corrected chi connectivity index (χ2v) is 16.6. The van der Waals surface area contributed by atoms with Crippen LogP contribution in [0.5, 0.6) is 0 Å². The van der Waals surface area contributed by atoms with Gasteiger partial charge < -0.3 is 0 Å². The van der Waals surface area contributed by atoms with Crippen LogP contribution in [0, 0.1) is 0 Å². The standard InChI is InChI=1S/C54H31N5S/c1-3-12-37-27-41(23-17-32(37)9-1)52-56-51(57-53(58-52)42-24-18-33-10-2-4-13-38(33)28-42)36-21-19-35(20-22-36)46-31-44-49-43-16-8-7-11-34(43)25-26-48(49)60-50(44)54-55-45-29-39-14-5-6-15-40(39)30-47(45)59(46)54/h1-31H. The number of thiophene rings is 1. The summed E-state index contributed by atoms with van der Waals surface area (Å²) in [6.45, 7) is 0. The van der Waals surface area contributed by atoms with Gasteiger partial charge in [0.25, 0.3) is 0 Å². The summed E-state index contributed by atoms with van der Waals surface area (Å²) < 4.78 is 4.80. The summed E-state index contributed by atoms with van der Waals surface area (Å²) >= 11 is 1.82. The van der Waals surface area contributed by atoms with Crippen LogP contribution in [0.2, 0.25) is 0 Å². The van der Waals surface area contributed by atoms with Gasteiger partial charge in [0.2, 0.25) is 0 Å². The topological polar surface area (TPSA) is 56.0 Å². The Kier molecular flexibility index (Phi) is 7.11. The maximum Gasteiger partial charge on any atom is 0.164 e. The molecule has 0 saturated heterocycles. The first-order valence-electron chi connectivity index (χ1n) is 20.1. The number of aromatic nitrogens is 5. The van der Waals surface area contributed by atoms with E-state index >= 15 is 0 Å². The summed E-state index contributed by atoms with van der Waals surface area (Å²) in [6, 6.07) is 66.9. The van der Waals surface area contributed by atoms with Crippen LogP contribution in [0.4, 0.5) is 0 Å². The first-order chi connectivity index (χ1) is 29.7. The van der Waals surface area contributed by atoms with Crippen molar-refractivity contribution < 1.29 is 0 Å². The molecule has 13 rings (SSSR count). The van der Waals surface area contributed by atoms with Crippen LogP contribution >= 0.6 is 11.3 Å². The van der Waals surface area contributed by atoms with Gasteiger partial charge in [-0.05, 0) is 85.1 Å². The third kappa shape index (κ3) is 5.18. The predicted molar refractivity (Wildman–Crippen MR) is 251 cm³/mol. The number of imidazole rings is 1. The Hall–Kier alpha value is -7.80. The zero-order valence-electron chi connectivity index (χ0n) is 32.0. The van der Waals surface area contributed by atoms with Gasteiger partial charge in [0.15, 0.2) is 23.1 Å². The Morgan fingerprint density at radius 2 is 0.867 bits per heavy atom. The number of benzene rings is 9. The third-order valence-corrected chi connectivity index (χ3v) is 13.1. The van der Waals surface area contributed by atoms with Crippen molar-refractivity contribution in [3.05, 3.63) is 188 Å². The van der Waals surface area contributed by atoms with E-state index in [0.717, 1.165) is 55.4 Å². The first-order valence-corrected chi connectivity index (χ1v) is 20.9. The summed E-state index contributed by atoms with van der Waals surface area (Å²) in [5.41, 5.74) is 8.01. The van der Waals surface area contributed by atoms with Crippen molar-refractivity contribution in [3.8, 4) is 45.4 Å². The zero-order valence-corrected chi connectivity index (χ0v) is 32.9. The highest BCUT2D eigenvalue weighted by atomic mass is 32.1. The third-order valence-electron chi connectivity index (χ3n) is 12.0. The molecule has 6 heteroatoms. The normalized spacial score (nSPS) is 12.0. The average molecular weight is 782 g/mol. The molecule has 0 aliphatic heterocycles. The van der Waals surface area contributed by atoms with Crippen molar-refractivity contribution in [1.82, 2.24) is 24.3 Å². The monoisotopic (exact) mass is 781 g/mol. The Balaban J connectivity index is 1.02. The van der Waals surface area contributed by atoms with E-state index in [9.17, 15) is 0 Å². The summed E-state index contributed by atoms with van der Waals surface area (Å²) in [7, 11) is 0. The second-order valence-electron chi connectivity index (χ2n) is 15.5. The molecule has 278 valence electrons. The van der Waals surface area contributed by atoms with E-state index in [1.807, 2.05) is 11.3 Å². The highest BCUT2D eigenvalue weighted by Crippen LogP contribution is 2.44. The Morgan fingerprint density at radius 1 is 0.367 bits per heavy atom. The lowest BCUT2D eigenvalue weighted by molar-refractivity contribution is 1.07. The molecular formula is C54H31N5S. The molecule has 0 aliphatic carbocycles. The molecule has 0 amide bonds. The lowest BCUT2D eigenvalue weighted by Crippen LogP contribution is -2.00. The smallest absolute Gasteiger partial charge is 0.164 e. The number of pyridine rings is 1. The van der Waals surface area contributed by atoms with Gasteiger partial charge in [0.05, 0.1) is 21.4 Å². The predicted octanol–water partition coefficient (Wildman–Crippen LogP) is 14.3. The van der Waals surface area contributed by atoms with Gasteiger partial charge >= 0.3 is 0 Å². The minimum Gasteiger partial charge on any atom is -0.291 e. The lowest BCUT2D eigenvalue weighted by Gasteiger charge is -2.12. The number of fused-ring (bicyclic) bond motifs is 12. The van der Waals surface area contributed by atoms with E-state index < -0.39 is 0 Å². The van der Waals surface area contributed by atoms with Gasteiger partial charge in [-0.2, -0.15) is 0 Å². The maximum absolute atomic E-state index is 5.38. The Labute approximate surface area is 347 Å². The van der Waals surface area contributed by atoms with Crippen LogP contribution in [0.1, 0.15) is 0 Å². The molecule has 13 aromatic rings. The number of hydrogen-bond acceptors (Lipinski definition) is 5. The molecule has 0 saturated carbocycles. The minimum absolute atomic E-state index is 0.623. The second kappa shape index (κ2) is 12.9. The molecule has 0 unspecified atom stereocenters. The Bertz CT molecular complexity index is 3800. The molecule has 5 nitrogen and oxygen atoms in total. The van der Waals surface area contributed by atoms with Crippen molar-refractivity contribution >= 4 is 91.3 Å². The molecule has 0 spiro atoms. The minimum atomic E-state index is 0.623. The summed E-state index contributed by atoms with van der Waals surface area (Å²) in [5, 5.41) is 12.0. The molecule has 0 radical (unpaired) electrons. The Morgan fingerprint density at radius 3 is 1.52 bits per heavy atom. The maximum atomic E-state index is 5.38. The highest BCUT2D eigenvalue weighted by Gasteiger charge is 2.20. The fraction of sp³-hybridized carbons (Fsp3) is 0. The van der Waals surface area contributed by atoms with Crippen LogP contribution < -0.4 is 0 Å². The molecule has 4 heterocycles. The fourth-order valence-corrected chi connectivity index (χ4v) is 10.2. The van der Waals surface area contributed by atoms with E-state index in [1.165, 1.54) is 52.5 Å². The quantitative estimate of drug-likeness (QED) is 0.178. The fourth-order valence-electron chi connectivity index (χ4n) is 8.98. The van der Waals surface area contributed by atoms with Crippen molar-refractivity contribution in [3.63, 3.8) is 0 Å². The van der Waals surface area contributed by atoms with Crippen LogP contribution in [-0.4, -0.2) is 24.3 Å². The van der Waals surface area contributed by atoms with E-state index in [4.69, 9.17) is 19.9 Å². The van der Waals surface area contributed by atoms with E-state index in [-0.39, 0.29) is 0 Å². The summed E-state index contributed by atoms with van der Waals surface area (Å²) in [5.74, 6) is 1.90. The molecule has 60 heavy (non-hydrogen) atoms.